The van der Waals surface area contributed by atoms with Crippen LogP contribution in [0.2, 0.25) is 0 Å². The van der Waals surface area contributed by atoms with Gasteiger partial charge in [-0.15, -0.1) is 0 Å². The van der Waals surface area contributed by atoms with E-state index >= 15 is 0 Å². The third-order valence-electron chi connectivity index (χ3n) is 5.88. The average Bonchev–Trinajstić information content (AvgIpc) is 2.59. The first-order valence-corrected chi connectivity index (χ1v) is 9.47. The molecule has 4 nitrogen and oxygen atoms in total. The maximum absolute atomic E-state index is 14.0. The van der Waals surface area contributed by atoms with Crippen molar-refractivity contribution in [1.82, 2.24) is 10.2 Å². The zero-order chi connectivity index (χ0) is 17.9. The summed E-state index contributed by atoms with van der Waals surface area (Å²) < 4.78 is 14.0. The van der Waals surface area contributed by atoms with Crippen LogP contribution in [-0.4, -0.2) is 41.6 Å². The summed E-state index contributed by atoms with van der Waals surface area (Å²) in [5, 5.41) is 14.0. The van der Waals surface area contributed by atoms with Crippen LogP contribution < -0.4 is 5.32 Å². The number of carbonyl (C=O) groups excluding carboxylic acids is 1. The molecule has 2 aliphatic rings. The molecule has 1 heterocycles. The molecule has 5 heteroatoms. The molecular formula is C20H29FN2O2. The standard InChI is InChI=1S/C20H29FN2O2/c1-15-6-2-5-9-18(15)22-19(24)14-23-12-10-20(25,11-13-23)16-7-3-4-8-17(16)21/h3-4,7-8,15,18,25H,2,5-6,9-14H2,1H3,(H,22,24)/t15-,18+/m0/s1. The molecule has 2 atom stereocenters. The quantitative estimate of drug-likeness (QED) is 0.880. The Morgan fingerprint density at radius 1 is 1.28 bits per heavy atom. The van der Waals surface area contributed by atoms with E-state index in [0.29, 0.717) is 50.0 Å². The Hall–Kier alpha value is -1.46. The summed E-state index contributed by atoms with van der Waals surface area (Å²) in [7, 11) is 0. The maximum Gasteiger partial charge on any atom is 0.234 e. The van der Waals surface area contributed by atoms with Crippen LogP contribution in [0.1, 0.15) is 51.0 Å². The molecule has 25 heavy (non-hydrogen) atoms. The number of halogens is 1. The van der Waals surface area contributed by atoms with Gasteiger partial charge in [-0.3, -0.25) is 9.69 Å². The van der Waals surface area contributed by atoms with Gasteiger partial charge in [0.2, 0.25) is 5.91 Å². The predicted molar refractivity (Wildman–Crippen MR) is 95.5 cm³/mol. The highest BCUT2D eigenvalue weighted by Gasteiger charge is 2.36. The number of hydrogen-bond donors (Lipinski definition) is 2. The fourth-order valence-corrected chi connectivity index (χ4v) is 4.18. The molecule has 2 N–H and O–H groups in total. The lowest BCUT2D eigenvalue weighted by Gasteiger charge is -2.38. The first-order chi connectivity index (χ1) is 12.0. The smallest absolute Gasteiger partial charge is 0.234 e. The number of nitrogens with zero attached hydrogens (tertiary/aromatic N) is 1. The Balaban J connectivity index is 1.50. The van der Waals surface area contributed by atoms with Crippen LogP contribution in [0.25, 0.3) is 0 Å². The molecule has 1 amide bonds. The topological polar surface area (TPSA) is 52.6 Å². The predicted octanol–water partition coefficient (Wildman–Crippen LogP) is 2.80. The fraction of sp³-hybridized carbons (Fsp3) is 0.650. The summed E-state index contributed by atoms with van der Waals surface area (Å²) in [5.74, 6) is 0.253. The third-order valence-corrected chi connectivity index (χ3v) is 5.88. The van der Waals surface area contributed by atoms with Crippen LogP contribution >= 0.6 is 0 Å². The summed E-state index contributed by atoms with van der Waals surface area (Å²) in [5.41, 5.74) is -0.758. The number of piperidine rings is 1. The summed E-state index contributed by atoms with van der Waals surface area (Å²) in [6, 6.07) is 6.72. The van der Waals surface area contributed by atoms with E-state index in [1.807, 2.05) is 0 Å². The van der Waals surface area contributed by atoms with Gasteiger partial charge in [-0.1, -0.05) is 38.0 Å². The monoisotopic (exact) mass is 348 g/mol. The molecule has 1 saturated carbocycles. The Labute approximate surface area is 149 Å². The molecular weight excluding hydrogens is 319 g/mol. The number of carbonyl (C=O) groups is 1. The van der Waals surface area contributed by atoms with Gasteiger partial charge in [0.1, 0.15) is 5.82 Å². The fourth-order valence-electron chi connectivity index (χ4n) is 4.18. The minimum absolute atomic E-state index is 0.0649. The van der Waals surface area contributed by atoms with Crippen molar-refractivity contribution in [3.63, 3.8) is 0 Å². The number of hydrogen-bond acceptors (Lipinski definition) is 3. The van der Waals surface area contributed by atoms with E-state index in [-0.39, 0.29) is 11.7 Å². The molecule has 1 aromatic rings. The molecule has 0 radical (unpaired) electrons. The van der Waals surface area contributed by atoms with Gasteiger partial charge in [0.15, 0.2) is 0 Å². The largest absolute Gasteiger partial charge is 0.385 e. The van der Waals surface area contributed by atoms with Gasteiger partial charge in [0.05, 0.1) is 12.1 Å². The first kappa shape index (κ1) is 18.3. The van der Waals surface area contributed by atoms with Gasteiger partial charge >= 0.3 is 0 Å². The summed E-state index contributed by atoms with van der Waals surface area (Å²) in [4.78, 5) is 14.4. The molecule has 1 aromatic carbocycles. The zero-order valence-electron chi connectivity index (χ0n) is 15.0. The van der Waals surface area contributed by atoms with Crippen molar-refractivity contribution in [2.75, 3.05) is 19.6 Å². The van der Waals surface area contributed by atoms with E-state index in [9.17, 15) is 14.3 Å². The van der Waals surface area contributed by atoms with Crippen LogP contribution in [0, 0.1) is 11.7 Å². The Bertz CT molecular complexity index is 599. The normalized spacial score (nSPS) is 27.0. The summed E-state index contributed by atoms with van der Waals surface area (Å²) in [6.45, 7) is 3.76. The van der Waals surface area contributed by atoms with Crippen molar-refractivity contribution in [3.05, 3.63) is 35.6 Å². The number of likely N-dealkylation sites (tertiary alicyclic amines) is 1. The van der Waals surface area contributed by atoms with E-state index in [1.165, 1.54) is 25.3 Å². The van der Waals surface area contributed by atoms with Gasteiger partial charge in [-0.2, -0.15) is 0 Å². The Morgan fingerprint density at radius 2 is 1.96 bits per heavy atom. The van der Waals surface area contributed by atoms with E-state index in [0.717, 1.165) is 6.42 Å². The minimum Gasteiger partial charge on any atom is -0.385 e. The van der Waals surface area contributed by atoms with Gasteiger partial charge in [-0.25, -0.2) is 4.39 Å². The van der Waals surface area contributed by atoms with Crippen LogP contribution in [-0.2, 0) is 10.4 Å². The first-order valence-electron chi connectivity index (χ1n) is 9.47. The van der Waals surface area contributed by atoms with Gasteiger partial charge in [-0.05, 0) is 37.7 Å². The number of benzene rings is 1. The number of rotatable bonds is 4. The van der Waals surface area contributed by atoms with Gasteiger partial charge in [0.25, 0.3) is 0 Å². The SMILES string of the molecule is C[C@H]1CCCC[C@H]1NC(=O)CN1CCC(O)(c2ccccc2F)CC1. The summed E-state index contributed by atoms with van der Waals surface area (Å²) >= 11 is 0. The van der Waals surface area contributed by atoms with E-state index in [1.54, 1.807) is 18.2 Å². The highest BCUT2D eigenvalue weighted by atomic mass is 19.1. The van der Waals surface area contributed by atoms with E-state index in [4.69, 9.17) is 0 Å². The second-order valence-corrected chi connectivity index (χ2v) is 7.72. The number of amides is 1. The lowest BCUT2D eigenvalue weighted by atomic mass is 9.84. The molecule has 0 unspecified atom stereocenters. The second kappa shape index (κ2) is 7.83. The molecule has 1 aliphatic heterocycles. The molecule has 1 saturated heterocycles. The van der Waals surface area contributed by atoms with Crippen molar-refractivity contribution in [3.8, 4) is 0 Å². The number of nitrogens with one attached hydrogen (secondary N) is 1. The van der Waals surface area contributed by atoms with Gasteiger partial charge in [0, 0.05) is 24.7 Å². The third kappa shape index (κ3) is 4.39. The molecule has 2 fully saturated rings. The molecule has 0 bridgehead atoms. The van der Waals surface area contributed by atoms with Crippen molar-refractivity contribution in [2.45, 2.75) is 57.1 Å². The molecule has 1 aliphatic carbocycles. The lowest BCUT2D eigenvalue weighted by molar-refractivity contribution is -0.125. The van der Waals surface area contributed by atoms with E-state index in [2.05, 4.69) is 17.1 Å². The van der Waals surface area contributed by atoms with Crippen LogP contribution in [0.4, 0.5) is 4.39 Å². The zero-order valence-corrected chi connectivity index (χ0v) is 15.0. The molecule has 3 rings (SSSR count). The highest BCUT2D eigenvalue weighted by Crippen LogP contribution is 2.34. The lowest BCUT2D eigenvalue weighted by Crippen LogP contribution is -2.49. The maximum atomic E-state index is 14.0. The van der Waals surface area contributed by atoms with Crippen molar-refractivity contribution in [1.29, 1.82) is 0 Å². The van der Waals surface area contributed by atoms with Crippen LogP contribution in [0.3, 0.4) is 0 Å². The molecule has 0 aromatic heterocycles. The number of aliphatic hydroxyl groups is 1. The average molecular weight is 348 g/mol. The van der Waals surface area contributed by atoms with Crippen molar-refractivity contribution < 1.29 is 14.3 Å². The van der Waals surface area contributed by atoms with Crippen LogP contribution in [0.5, 0.6) is 0 Å². The Morgan fingerprint density at radius 3 is 2.64 bits per heavy atom. The van der Waals surface area contributed by atoms with Crippen molar-refractivity contribution in [2.24, 2.45) is 5.92 Å². The highest BCUT2D eigenvalue weighted by molar-refractivity contribution is 5.78. The van der Waals surface area contributed by atoms with Crippen LogP contribution in [0.15, 0.2) is 24.3 Å². The minimum atomic E-state index is -1.13. The Kier molecular flexibility index (Phi) is 5.74. The van der Waals surface area contributed by atoms with Gasteiger partial charge < -0.3 is 10.4 Å². The van der Waals surface area contributed by atoms with E-state index < -0.39 is 5.60 Å². The molecule has 138 valence electrons. The van der Waals surface area contributed by atoms with Crippen molar-refractivity contribution >= 4 is 5.91 Å². The second-order valence-electron chi connectivity index (χ2n) is 7.72. The summed E-state index contributed by atoms with van der Waals surface area (Å²) in [6.07, 6.45) is 5.59. The molecule has 0 spiro atoms.